The number of hydrogen-bond donors (Lipinski definition) is 1. The van der Waals surface area contributed by atoms with Crippen molar-refractivity contribution in [2.75, 3.05) is 0 Å². The molecule has 3 nitrogen and oxygen atoms in total. The van der Waals surface area contributed by atoms with Gasteiger partial charge in [0.1, 0.15) is 11.3 Å². The zero-order chi connectivity index (χ0) is 13.4. The first kappa shape index (κ1) is 12.4. The highest BCUT2D eigenvalue weighted by Crippen LogP contribution is 2.27. The van der Waals surface area contributed by atoms with Gasteiger partial charge in [0.05, 0.1) is 6.04 Å². The number of aryl methyl sites for hydroxylation is 1. The van der Waals surface area contributed by atoms with Crippen molar-refractivity contribution in [1.29, 1.82) is 0 Å². The molecule has 0 bridgehead atoms. The predicted octanol–water partition coefficient (Wildman–Crippen LogP) is 3.95. The van der Waals surface area contributed by atoms with Crippen molar-refractivity contribution in [3.05, 3.63) is 64.0 Å². The van der Waals surface area contributed by atoms with Gasteiger partial charge in [0, 0.05) is 16.2 Å². The second-order valence-electron chi connectivity index (χ2n) is 4.52. The normalized spacial score (nSPS) is 12.8. The van der Waals surface area contributed by atoms with Crippen molar-refractivity contribution < 1.29 is 4.42 Å². The summed E-state index contributed by atoms with van der Waals surface area (Å²) in [6.07, 6.45) is 0. The highest BCUT2D eigenvalue weighted by atomic mass is 79.9. The maximum atomic E-state index is 6.24. The Bertz CT molecular complexity index is 736. The fraction of sp³-hybridized carbons (Fsp3) is 0.133. The molecule has 2 heterocycles. The maximum Gasteiger partial charge on any atom is 0.152 e. The largest absolute Gasteiger partial charge is 0.457 e. The molecule has 3 rings (SSSR count). The number of aromatic nitrogens is 1. The Labute approximate surface area is 119 Å². The minimum atomic E-state index is -0.285. The highest BCUT2D eigenvalue weighted by Gasteiger charge is 2.15. The van der Waals surface area contributed by atoms with Crippen molar-refractivity contribution in [1.82, 2.24) is 4.98 Å². The van der Waals surface area contributed by atoms with Crippen LogP contribution in [0.15, 0.2) is 51.4 Å². The molecular formula is C15H13BrN2O. The third kappa shape index (κ3) is 2.41. The van der Waals surface area contributed by atoms with Crippen molar-refractivity contribution in [2.24, 2.45) is 5.73 Å². The van der Waals surface area contributed by atoms with Gasteiger partial charge in [-0.1, -0.05) is 28.1 Å². The molecule has 0 aliphatic rings. The molecule has 2 aromatic heterocycles. The van der Waals surface area contributed by atoms with E-state index in [-0.39, 0.29) is 6.04 Å². The summed E-state index contributed by atoms with van der Waals surface area (Å²) in [4.78, 5) is 4.43. The molecule has 0 saturated heterocycles. The van der Waals surface area contributed by atoms with Crippen molar-refractivity contribution in [2.45, 2.75) is 13.0 Å². The molecular weight excluding hydrogens is 304 g/mol. The molecule has 96 valence electrons. The average molecular weight is 317 g/mol. The Morgan fingerprint density at radius 1 is 1.21 bits per heavy atom. The Kier molecular flexibility index (Phi) is 3.12. The predicted molar refractivity (Wildman–Crippen MR) is 78.9 cm³/mol. The van der Waals surface area contributed by atoms with E-state index >= 15 is 0 Å². The molecule has 1 atom stereocenters. The fourth-order valence-electron chi connectivity index (χ4n) is 2.06. The van der Waals surface area contributed by atoms with Crippen LogP contribution in [0.25, 0.3) is 11.1 Å². The lowest BCUT2D eigenvalue weighted by atomic mass is 10.1. The zero-order valence-corrected chi connectivity index (χ0v) is 12.0. The maximum absolute atomic E-state index is 6.24. The van der Waals surface area contributed by atoms with Crippen LogP contribution in [-0.4, -0.2) is 4.98 Å². The lowest BCUT2D eigenvalue weighted by molar-refractivity contribution is 0.525. The van der Waals surface area contributed by atoms with Gasteiger partial charge in [-0.2, -0.15) is 0 Å². The van der Waals surface area contributed by atoms with Gasteiger partial charge in [-0.3, -0.25) is 0 Å². The summed E-state index contributed by atoms with van der Waals surface area (Å²) in [6, 6.07) is 13.4. The molecule has 0 spiro atoms. The number of nitrogens with zero attached hydrogens (tertiary/aromatic N) is 1. The summed E-state index contributed by atoms with van der Waals surface area (Å²) in [5.74, 6) is 0.728. The Morgan fingerprint density at radius 3 is 2.84 bits per heavy atom. The first-order chi connectivity index (χ1) is 9.13. The van der Waals surface area contributed by atoms with E-state index in [0.29, 0.717) is 0 Å². The molecule has 1 aromatic carbocycles. The lowest BCUT2D eigenvalue weighted by Crippen LogP contribution is -2.10. The van der Waals surface area contributed by atoms with E-state index in [1.165, 1.54) is 0 Å². The SMILES string of the molecule is Cc1ccc2oc(C(N)c3cccc(Br)c3)cc2n1. The summed E-state index contributed by atoms with van der Waals surface area (Å²) < 4.78 is 6.78. The smallest absolute Gasteiger partial charge is 0.152 e. The number of hydrogen-bond acceptors (Lipinski definition) is 3. The number of pyridine rings is 1. The summed E-state index contributed by atoms with van der Waals surface area (Å²) in [6.45, 7) is 1.96. The van der Waals surface area contributed by atoms with Gasteiger partial charge in [0.2, 0.25) is 0 Å². The first-order valence-corrected chi connectivity index (χ1v) is 6.81. The number of fused-ring (bicyclic) bond motifs is 1. The van der Waals surface area contributed by atoms with Crippen molar-refractivity contribution in [3.63, 3.8) is 0 Å². The average Bonchev–Trinajstić information content (AvgIpc) is 2.80. The highest BCUT2D eigenvalue weighted by molar-refractivity contribution is 9.10. The van der Waals surface area contributed by atoms with E-state index in [0.717, 1.165) is 32.6 Å². The van der Waals surface area contributed by atoms with Gasteiger partial charge in [0.15, 0.2) is 5.58 Å². The van der Waals surface area contributed by atoms with Crippen LogP contribution in [0.4, 0.5) is 0 Å². The van der Waals surface area contributed by atoms with Crippen LogP contribution in [-0.2, 0) is 0 Å². The molecule has 3 aromatic rings. The number of benzene rings is 1. The van der Waals surface area contributed by atoms with Gasteiger partial charge in [-0.25, -0.2) is 4.98 Å². The molecule has 19 heavy (non-hydrogen) atoms. The van der Waals surface area contributed by atoms with E-state index in [1.54, 1.807) is 0 Å². The van der Waals surface area contributed by atoms with Gasteiger partial charge >= 0.3 is 0 Å². The zero-order valence-electron chi connectivity index (χ0n) is 10.4. The molecule has 0 saturated carbocycles. The number of rotatable bonds is 2. The second-order valence-corrected chi connectivity index (χ2v) is 5.43. The Morgan fingerprint density at radius 2 is 2.05 bits per heavy atom. The van der Waals surface area contributed by atoms with E-state index < -0.39 is 0 Å². The molecule has 0 amide bonds. The van der Waals surface area contributed by atoms with E-state index in [2.05, 4.69) is 20.9 Å². The summed E-state index contributed by atoms with van der Waals surface area (Å²) in [5.41, 5.74) is 9.84. The molecule has 4 heteroatoms. The first-order valence-electron chi connectivity index (χ1n) is 6.01. The number of halogens is 1. The summed E-state index contributed by atoms with van der Waals surface area (Å²) >= 11 is 3.45. The van der Waals surface area contributed by atoms with Crippen LogP contribution in [0.1, 0.15) is 23.1 Å². The van der Waals surface area contributed by atoms with Gasteiger partial charge < -0.3 is 10.2 Å². The monoisotopic (exact) mass is 316 g/mol. The molecule has 0 fully saturated rings. The number of furan rings is 1. The Balaban J connectivity index is 2.04. The molecule has 1 unspecified atom stereocenters. The fourth-order valence-corrected chi connectivity index (χ4v) is 2.48. The van der Waals surface area contributed by atoms with E-state index in [9.17, 15) is 0 Å². The van der Waals surface area contributed by atoms with Gasteiger partial charge in [-0.15, -0.1) is 0 Å². The molecule has 0 aliphatic heterocycles. The van der Waals surface area contributed by atoms with Crippen LogP contribution in [0.5, 0.6) is 0 Å². The van der Waals surface area contributed by atoms with Crippen LogP contribution in [0.3, 0.4) is 0 Å². The number of nitrogens with two attached hydrogens (primary N) is 1. The third-order valence-corrected chi connectivity index (χ3v) is 3.54. The molecule has 0 radical (unpaired) electrons. The van der Waals surface area contributed by atoms with Gasteiger partial charge in [0.25, 0.3) is 0 Å². The van der Waals surface area contributed by atoms with E-state index in [4.69, 9.17) is 10.2 Å². The van der Waals surface area contributed by atoms with Crippen LogP contribution >= 0.6 is 15.9 Å². The summed E-state index contributed by atoms with van der Waals surface area (Å²) in [7, 11) is 0. The minimum absolute atomic E-state index is 0.285. The third-order valence-electron chi connectivity index (χ3n) is 3.05. The van der Waals surface area contributed by atoms with E-state index in [1.807, 2.05) is 49.4 Å². The standard InChI is InChI=1S/C15H13BrN2O/c1-9-5-6-13-12(18-9)8-14(19-13)15(17)10-3-2-4-11(16)7-10/h2-8,15H,17H2,1H3. The van der Waals surface area contributed by atoms with Crippen molar-refractivity contribution in [3.8, 4) is 0 Å². The second kappa shape index (κ2) is 4.79. The van der Waals surface area contributed by atoms with Crippen LogP contribution in [0, 0.1) is 6.92 Å². The van der Waals surface area contributed by atoms with Crippen LogP contribution < -0.4 is 5.73 Å². The van der Waals surface area contributed by atoms with Crippen molar-refractivity contribution >= 4 is 27.0 Å². The topological polar surface area (TPSA) is 52.0 Å². The lowest BCUT2D eigenvalue weighted by Gasteiger charge is -2.08. The minimum Gasteiger partial charge on any atom is -0.457 e. The van der Waals surface area contributed by atoms with Gasteiger partial charge in [-0.05, 0) is 36.8 Å². The quantitative estimate of drug-likeness (QED) is 0.779. The molecule has 2 N–H and O–H groups in total. The summed E-state index contributed by atoms with van der Waals surface area (Å²) in [5, 5.41) is 0. The Hall–Kier alpha value is -1.65. The van der Waals surface area contributed by atoms with Crippen LogP contribution in [0.2, 0.25) is 0 Å². The molecule has 0 aliphatic carbocycles.